The first-order chi connectivity index (χ1) is 17.6. The number of nitrogens with zero attached hydrogens (tertiary/aromatic N) is 1. The van der Waals surface area contributed by atoms with E-state index in [1.54, 1.807) is 42.5 Å². The highest BCUT2D eigenvalue weighted by Crippen LogP contribution is 2.43. The number of ketones is 1. The smallest absolute Gasteiger partial charge is 0.300 e. The van der Waals surface area contributed by atoms with Crippen LogP contribution in [0.25, 0.3) is 5.76 Å². The Bertz CT molecular complexity index is 1380. The summed E-state index contributed by atoms with van der Waals surface area (Å²) in [5.74, 6) is -1.12. The molecule has 1 amide bonds. The van der Waals surface area contributed by atoms with E-state index in [1.165, 1.54) is 24.1 Å². The predicted molar refractivity (Wildman–Crippen MR) is 141 cm³/mol. The zero-order valence-corrected chi connectivity index (χ0v) is 21.7. The highest BCUT2D eigenvalue weighted by atomic mass is 35.5. The monoisotopic (exact) mass is 523 g/mol. The van der Waals surface area contributed by atoms with Gasteiger partial charge in [0.15, 0.2) is 0 Å². The van der Waals surface area contributed by atoms with Gasteiger partial charge in [0.2, 0.25) is 0 Å². The van der Waals surface area contributed by atoms with Crippen molar-refractivity contribution in [1.29, 1.82) is 0 Å². The molecule has 0 radical (unpaired) electrons. The van der Waals surface area contributed by atoms with E-state index in [0.717, 1.165) is 11.6 Å². The summed E-state index contributed by atoms with van der Waals surface area (Å²) in [5, 5.41) is 11.2. The Kier molecular flexibility index (Phi) is 7.55. The molecule has 0 saturated carbocycles. The van der Waals surface area contributed by atoms with Gasteiger partial charge in [0.1, 0.15) is 23.1 Å². The Morgan fingerprint density at radius 1 is 1.08 bits per heavy atom. The Labute approximate surface area is 219 Å². The van der Waals surface area contributed by atoms with Gasteiger partial charge in [0, 0.05) is 11.3 Å². The number of halogens is 2. The van der Waals surface area contributed by atoms with E-state index in [4.69, 9.17) is 21.1 Å². The largest absolute Gasteiger partial charge is 0.507 e. The predicted octanol–water partition coefficient (Wildman–Crippen LogP) is 6.46. The number of carbonyl (C=O) groups excluding carboxylic acids is 2. The lowest BCUT2D eigenvalue weighted by Crippen LogP contribution is -2.29. The van der Waals surface area contributed by atoms with Crippen molar-refractivity contribution < 1.29 is 28.6 Å². The van der Waals surface area contributed by atoms with Gasteiger partial charge in [-0.1, -0.05) is 37.6 Å². The number of hydrogen-bond acceptors (Lipinski definition) is 5. The zero-order valence-electron chi connectivity index (χ0n) is 20.9. The first kappa shape index (κ1) is 26.2. The summed E-state index contributed by atoms with van der Waals surface area (Å²) in [6, 6.07) is 14.7. The maximum atomic E-state index is 13.9. The summed E-state index contributed by atoms with van der Waals surface area (Å²) < 4.78 is 24.9. The molecule has 3 aromatic carbocycles. The van der Waals surface area contributed by atoms with E-state index in [-0.39, 0.29) is 22.0 Å². The number of Topliss-reactive ketones (excluding diaryl/α,β-unsaturated/α-hetero) is 1. The molecule has 1 aliphatic rings. The molecule has 6 nitrogen and oxygen atoms in total. The number of aliphatic hydroxyl groups is 1. The van der Waals surface area contributed by atoms with Crippen LogP contribution in [-0.4, -0.2) is 30.5 Å². The van der Waals surface area contributed by atoms with Crippen molar-refractivity contribution in [2.45, 2.75) is 26.8 Å². The standard InChI is InChI=1S/C29H27ClFNO5/c1-16(2)15-37-24-12-7-19(13-17(24)3)27(33)25-26(18-5-9-21(36-4)10-6-18)32(29(35)28(25)34)20-8-11-23(31)22(30)14-20/h5-14,16,26,33H,15H2,1-4H3/b27-25+. The van der Waals surface area contributed by atoms with Crippen molar-refractivity contribution in [3.8, 4) is 11.5 Å². The number of anilines is 1. The molecule has 4 rings (SSSR count). The second-order valence-electron chi connectivity index (χ2n) is 9.23. The lowest BCUT2D eigenvalue weighted by atomic mass is 9.94. The van der Waals surface area contributed by atoms with Crippen LogP contribution in [-0.2, 0) is 9.59 Å². The highest BCUT2D eigenvalue weighted by molar-refractivity contribution is 6.51. The number of amides is 1. The van der Waals surface area contributed by atoms with Gasteiger partial charge < -0.3 is 14.6 Å². The van der Waals surface area contributed by atoms with Crippen LogP contribution in [0.3, 0.4) is 0 Å². The Morgan fingerprint density at radius 2 is 1.78 bits per heavy atom. The molecule has 37 heavy (non-hydrogen) atoms. The number of carbonyl (C=O) groups is 2. The van der Waals surface area contributed by atoms with E-state index in [0.29, 0.717) is 35.2 Å². The number of benzene rings is 3. The number of aliphatic hydroxyl groups excluding tert-OH is 1. The highest BCUT2D eigenvalue weighted by Gasteiger charge is 2.47. The van der Waals surface area contributed by atoms with Crippen LogP contribution in [0, 0.1) is 18.7 Å². The van der Waals surface area contributed by atoms with Crippen molar-refractivity contribution in [2.75, 3.05) is 18.6 Å². The lowest BCUT2D eigenvalue weighted by molar-refractivity contribution is -0.132. The molecule has 1 aliphatic heterocycles. The summed E-state index contributed by atoms with van der Waals surface area (Å²) >= 11 is 5.99. The molecule has 1 N–H and O–H groups in total. The third-order valence-electron chi connectivity index (χ3n) is 6.08. The second kappa shape index (κ2) is 10.6. The average Bonchev–Trinajstić information content (AvgIpc) is 3.14. The van der Waals surface area contributed by atoms with E-state index >= 15 is 0 Å². The minimum absolute atomic E-state index is 0.0918. The summed E-state index contributed by atoms with van der Waals surface area (Å²) in [6.45, 7) is 6.46. The minimum atomic E-state index is -0.982. The van der Waals surface area contributed by atoms with Crippen molar-refractivity contribution in [1.82, 2.24) is 0 Å². The van der Waals surface area contributed by atoms with Crippen LogP contribution < -0.4 is 14.4 Å². The van der Waals surface area contributed by atoms with Gasteiger partial charge in [-0.25, -0.2) is 4.39 Å². The molecule has 8 heteroatoms. The molecule has 1 unspecified atom stereocenters. The zero-order chi connectivity index (χ0) is 26.9. The van der Waals surface area contributed by atoms with Gasteiger partial charge in [0.25, 0.3) is 11.7 Å². The van der Waals surface area contributed by atoms with Gasteiger partial charge in [-0.2, -0.15) is 0 Å². The molecule has 1 heterocycles. The van der Waals surface area contributed by atoms with Crippen LogP contribution in [0.5, 0.6) is 11.5 Å². The van der Waals surface area contributed by atoms with Gasteiger partial charge in [-0.05, 0) is 72.5 Å². The van der Waals surface area contributed by atoms with Crippen molar-refractivity contribution in [2.24, 2.45) is 5.92 Å². The van der Waals surface area contributed by atoms with E-state index in [2.05, 4.69) is 0 Å². The first-order valence-corrected chi connectivity index (χ1v) is 12.1. The molecule has 1 atom stereocenters. The molecule has 1 saturated heterocycles. The number of aryl methyl sites for hydroxylation is 1. The number of hydrogen-bond donors (Lipinski definition) is 1. The van der Waals surface area contributed by atoms with Crippen molar-refractivity contribution in [3.05, 3.63) is 93.8 Å². The van der Waals surface area contributed by atoms with Crippen molar-refractivity contribution in [3.63, 3.8) is 0 Å². The van der Waals surface area contributed by atoms with Crippen LogP contribution in [0.15, 0.2) is 66.2 Å². The second-order valence-corrected chi connectivity index (χ2v) is 9.63. The molecule has 3 aromatic rings. The quantitative estimate of drug-likeness (QED) is 0.218. The fourth-order valence-corrected chi connectivity index (χ4v) is 4.38. The first-order valence-electron chi connectivity index (χ1n) is 11.8. The molecule has 0 bridgehead atoms. The molecule has 1 fully saturated rings. The third-order valence-corrected chi connectivity index (χ3v) is 6.37. The van der Waals surface area contributed by atoms with Crippen molar-refractivity contribution >= 4 is 34.7 Å². The number of rotatable bonds is 7. The van der Waals surface area contributed by atoms with Crippen LogP contribution >= 0.6 is 11.6 Å². The number of ether oxygens (including phenoxy) is 2. The lowest BCUT2D eigenvalue weighted by Gasteiger charge is -2.26. The summed E-state index contributed by atoms with van der Waals surface area (Å²) in [4.78, 5) is 27.8. The van der Waals surface area contributed by atoms with E-state index < -0.39 is 23.5 Å². The summed E-state index contributed by atoms with van der Waals surface area (Å²) in [5.41, 5.74) is 1.82. The fraction of sp³-hybridized carbons (Fsp3) is 0.241. The van der Waals surface area contributed by atoms with Gasteiger partial charge in [-0.15, -0.1) is 0 Å². The van der Waals surface area contributed by atoms with Crippen LogP contribution in [0.2, 0.25) is 5.02 Å². The SMILES string of the molecule is COc1ccc(C2/C(=C(\O)c3ccc(OCC(C)C)c(C)c3)C(=O)C(=O)N2c2ccc(F)c(Cl)c2)cc1. The topological polar surface area (TPSA) is 76.1 Å². The summed E-state index contributed by atoms with van der Waals surface area (Å²) in [7, 11) is 1.53. The van der Waals surface area contributed by atoms with E-state index in [1.807, 2.05) is 20.8 Å². The third kappa shape index (κ3) is 5.18. The average molecular weight is 524 g/mol. The Morgan fingerprint density at radius 3 is 2.38 bits per heavy atom. The normalized spacial score (nSPS) is 16.9. The minimum Gasteiger partial charge on any atom is -0.507 e. The Hall–Kier alpha value is -3.84. The maximum absolute atomic E-state index is 13.9. The molecule has 192 valence electrons. The summed E-state index contributed by atoms with van der Waals surface area (Å²) in [6.07, 6.45) is 0. The maximum Gasteiger partial charge on any atom is 0.300 e. The fourth-order valence-electron chi connectivity index (χ4n) is 4.21. The molecule has 0 aliphatic carbocycles. The molecule has 0 spiro atoms. The molecular weight excluding hydrogens is 497 g/mol. The van der Waals surface area contributed by atoms with Gasteiger partial charge in [-0.3, -0.25) is 14.5 Å². The molecule has 0 aromatic heterocycles. The van der Waals surface area contributed by atoms with E-state index in [9.17, 15) is 19.1 Å². The Balaban J connectivity index is 1.86. The number of methoxy groups -OCH3 is 1. The van der Waals surface area contributed by atoms with Crippen LogP contribution in [0.4, 0.5) is 10.1 Å². The molecular formula is C29H27ClFNO5. The van der Waals surface area contributed by atoms with Gasteiger partial charge in [0.05, 0.1) is 30.4 Å². The van der Waals surface area contributed by atoms with Gasteiger partial charge >= 0.3 is 0 Å². The van der Waals surface area contributed by atoms with Crippen LogP contribution in [0.1, 0.15) is 36.6 Å².